The molecule has 0 fully saturated rings. The Morgan fingerprint density at radius 2 is 1.95 bits per heavy atom. The van der Waals surface area contributed by atoms with Crippen LogP contribution in [0, 0.1) is 0 Å². The molecule has 2 aromatic rings. The zero-order valence-corrected chi connectivity index (χ0v) is 11.2. The van der Waals surface area contributed by atoms with E-state index in [0.29, 0.717) is 0 Å². The SMILES string of the molecule is CNC(C)(C)C(=O)Nc1cccc(-n2cnnc2)c1. The lowest BCUT2D eigenvalue weighted by Crippen LogP contribution is -2.47. The molecule has 0 unspecified atom stereocenters. The summed E-state index contributed by atoms with van der Waals surface area (Å²) in [6, 6.07) is 7.50. The molecule has 2 rings (SSSR count). The van der Waals surface area contributed by atoms with E-state index in [2.05, 4.69) is 20.8 Å². The molecule has 0 radical (unpaired) electrons. The zero-order valence-electron chi connectivity index (χ0n) is 11.2. The molecule has 0 bridgehead atoms. The molecule has 19 heavy (non-hydrogen) atoms. The second-order valence-corrected chi connectivity index (χ2v) is 4.75. The van der Waals surface area contributed by atoms with Gasteiger partial charge in [0.05, 0.1) is 11.2 Å². The number of benzene rings is 1. The molecule has 100 valence electrons. The molecule has 1 amide bonds. The van der Waals surface area contributed by atoms with Crippen molar-refractivity contribution in [3.8, 4) is 5.69 Å². The predicted octanol–water partition coefficient (Wildman–Crippen LogP) is 1.20. The van der Waals surface area contributed by atoms with Crippen molar-refractivity contribution in [3.63, 3.8) is 0 Å². The van der Waals surface area contributed by atoms with Crippen LogP contribution in [0.1, 0.15) is 13.8 Å². The molecule has 0 saturated heterocycles. The highest BCUT2D eigenvalue weighted by atomic mass is 16.2. The van der Waals surface area contributed by atoms with Gasteiger partial charge in [-0.25, -0.2) is 0 Å². The van der Waals surface area contributed by atoms with Crippen LogP contribution in [0.3, 0.4) is 0 Å². The van der Waals surface area contributed by atoms with Crippen LogP contribution in [0.25, 0.3) is 5.69 Å². The average Bonchev–Trinajstić information content (AvgIpc) is 2.93. The summed E-state index contributed by atoms with van der Waals surface area (Å²) in [6.07, 6.45) is 3.22. The van der Waals surface area contributed by atoms with Gasteiger partial charge in [0, 0.05) is 5.69 Å². The van der Waals surface area contributed by atoms with Crippen molar-refractivity contribution in [1.29, 1.82) is 0 Å². The van der Waals surface area contributed by atoms with Gasteiger partial charge in [0.2, 0.25) is 5.91 Å². The Kier molecular flexibility index (Phi) is 3.62. The van der Waals surface area contributed by atoms with Gasteiger partial charge in [0.1, 0.15) is 12.7 Å². The highest BCUT2D eigenvalue weighted by molar-refractivity contribution is 5.97. The summed E-state index contributed by atoms with van der Waals surface area (Å²) in [7, 11) is 1.76. The number of hydrogen-bond donors (Lipinski definition) is 2. The second-order valence-electron chi connectivity index (χ2n) is 4.75. The molecule has 1 aromatic heterocycles. The van der Waals surface area contributed by atoms with Crippen LogP contribution in [0.15, 0.2) is 36.9 Å². The van der Waals surface area contributed by atoms with Gasteiger partial charge in [0.15, 0.2) is 0 Å². The molecule has 0 aliphatic heterocycles. The van der Waals surface area contributed by atoms with Gasteiger partial charge in [-0.15, -0.1) is 10.2 Å². The van der Waals surface area contributed by atoms with Crippen LogP contribution in [-0.4, -0.2) is 33.3 Å². The maximum absolute atomic E-state index is 12.1. The standard InChI is InChI=1S/C13H17N5O/c1-13(2,14-3)12(19)17-10-5-4-6-11(7-10)18-8-15-16-9-18/h4-9,14H,1-3H3,(H,17,19). The molecule has 1 aromatic carbocycles. The van der Waals surface area contributed by atoms with E-state index in [1.54, 1.807) is 24.3 Å². The van der Waals surface area contributed by atoms with E-state index in [9.17, 15) is 4.79 Å². The summed E-state index contributed by atoms with van der Waals surface area (Å²) >= 11 is 0. The van der Waals surface area contributed by atoms with E-state index in [-0.39, 0.29) is 5.91 Å². The van der Waals surface area contributed by atoms with Crippen molar-refractivity contribution in [2.24, 2.45) is 0 Å². The van der Waals surface area contributed by atoms with Crippen molar-refractivity contribution in [2.45, 2.75) is 19.4 Å². The molecule has 0 spiro atoms. The minimum atomic E-state index is -0.618. The summed E-state index contributed by atoms with van der Waals surface area (Å²) in [5, 5.41) is 13.4. The summed E-state index contributed by atoms with van der Waals surface area (Å²) in [5.41, 5.74) is 1.01. The number of nitrogens with one attached hydrogen (secondary N) is 2. The first-order valence-electron chi connectivity index (χ1n) is 5.98. The third-order valence-corrected chi connectivity index (χ3v) is 3.01. The predicted molar refractivity (Wildman–Crippen MR) is 73.1 cm³/mol. The number of carbonyl (C=O) groups excluding carboxylic acids is 1. The lowest BCUT2D eigenvalue weighted by atomic mass is 10.1. The van der Waals surface area contributed by atoms with Crippen molar-refractivity contribution in [2.75, 3.05) is 12.4 Å². The third kappa shape index (κ3) is 2.97. The van der Waals surface area contributed by atoms with Crippen LogP contribution in [0.2, 0.25) is 0 Å². The molecular weight excluding hydrogens is 242 g/mol. The third-order valence-electron chi connectivity index (χ3n) is 3.01. The van der Waals surface area contributed by atoms with Gasteiger partial charge < -0.3 is 10.6 Å². The van der Waals surface area contributed by atoms with Crippen molar-refractivity contribution in [1.82, 2.24) is 20.1 Å². The van der Waals surface area contributed by atoms with Crippen LogP contribution in [0.5, 0.6) is 0 Å². The number of hydrogen-bond acceptors (Lipinski definition) is 4. The lowest BCUT2D eigenvalue weighted by Gasteiger charge is -2.22. The Hall–Kier alpha value is -2.21. The van der Waals surface area contributed by atoms with E-state index in [1.165, 1.54) is 0 Å². The summed E-state index contributed by atoms with van der Waals surface area (Å²) < 4.78 is 1.78. The maximum Gasteiger partial charge on any atom is 0.244 e. The van der Waals surface area contributed by atoms with Gasteiger partial charge >= 0.3 is 0 Å². The van der Waals surface area contributed by atoms with Crippen molar-refractivity contribution in [3.05, 3.63) is 36.9 Å². The van der Waals surface area contributed by atoms with E-state index in [1.807, 2.05) is 38.1 Å². The number of rotatable bonds is 4. The molecule has 0 atom stereocenters. The first-order valence-corrected chi connectivity index (χ1v) is 5.98. The van der Waals surface area contributed by atoms with Crippen LogP contribution in [0.4, 0.5) is 5.69 Å². The number of amides is 1. The molecule has 2 N–H and O–H groups in total. The Morgan fingerprint density at radius 3 is 2.58 bits per heavy atom. The highest BCUT2D eigenvalue weighted by Crippen LogP contribution is 2.15. The normalized spacial score (nSPS) is 11.3. The van der Waals surface area contributed by atoms with Gasteiger partial charge in [0.25, 0.3) is 0 Å². The number of anilines is 1. The minimum Gasteiger partial charge on any atom is -0.324 e. The molecule has 1 heterocycles. The Labute approximate surface area is 111 Å². The Bertz CT molecular complexity index is 562. The van der Waals surface area contributed by atoms with Gasteiger partial charge in [-0.05, 0) is 39.1 Å². The van der Waals surface area contributed by atoms with Crippen molar-refractivity contribution < 1.29 is 4.79 Å². The average molecular weight is 259 g/mol. The second kappa shape index (κ2) is 5.19. The topological polar surface area (TPSA) is 71.8 Å². The molecule has 6 heteroatoms. The smallest absolute Gasteiger partial charge is 0.244 e. The quantitative estimate of drug-likeness (QED) is 0.865. The molecule has 0 aliphatic rings. The maximum atomic E-state index is 12.1. The number of likely N-dealkylation sites (N-methyl/N-ethyl adjacent to an activating group) is 1. The van der Waals surface area contributed by atoms with Gasteiger partial charge in [-0.2, -0.15) is 0 Å². The summed E-state index contributed by atoms with van der Waals surface area (Å²) in [5.74, 6) is -0.0871. The summed E-state index contributed by atoms with van der Waals surface area (Å²) in [4.78, 5) is 12.1. The monoisotopic (exact) mass is 259 g/mol. The largest absolute Gasteiger partial charge is 0.324 e. The first-order chi connectivity index (χ1) is 9.03. The summed E-state index contributed by atoms with van der Waals surface area (Å²) in [6.45, 7) is 3.65. The highest BCUT2D eigenvalue weighted by Gasteiger charge is 2.25. The fourth-order valence-corrected chi connectivity index (χ4v) is 1.48. The Balaban J connectivity index is 2.19. The van der Waals surface area contributed by atoms with Crippen molar-refractivity contribution >= 4 is 11.6 Å². The van der Waals surface area contributed by atoms with E-state index < -0.39 is 5.54 Å². The molecular formula is C13H17N5O. The van der Waals surface area contributed by atoms with E-state index in [4.69, 9.17) is 0 Å². The first kappa shape index (κ1) is 13.2. The number of nitrogens with zero attached hydrogens (tertiary/aromatic N) is 3. The van der Waals surface area contributed by atoms with Crippen LogP contribution < -0.4 is 10.6 Å². The van der Waals surface area contributed by atoms with Crippen LogP contribution in [-0.2, 0) is 4.79 Å². The number of carbonyl (C=O) groups is 1. The molecule has 0 aliphatic carbocycles. The zero-order chi connectivity index (χ0) is 13.9. The molecule has 0 saturated carbocycles. The Morgan fingerprint density at radius 1 is 1.26 bits per heavy atom. The minimum absolute atomic E-state index is 0.0871. The van der Waals surface area contributed by atoms with E-state index >= 15 is 0 Å². The number of aromatic nitrogens is 3. The fraction of sp³-hybridized carbons (Fsp3) is 0.308. The lowest BCUT2D eigenvalue weighted by molar-refractivity contribution is -0.121. The van der Waals surface area contributed by atoms with E-state index in [0.717, 1.165) is 11.4 Å². The molecule has 6 nitrogen and oxygen atoms in total. The van der Waals surface area contributed by atoms with Gasteiger partial charge in [-0.3, -0.25) is 9.36 Å². The fourth-order valence-electron chi connectivity index (χ4n) is 1.48. The van der Waals surface area contributed by atoms with Crippen LogP contribution >= 0.6 is 0 Å². The van der Waals surface area contributed by atoms with Gasteiger partial charge in [-0.1, -0.05) is 6.07 Å².